The van der Waals surface area contributed by atoms with E-state index in [1.54, 1.807) is 12.1 Å². The van der Waals surface area contributed by atoms with E-state index < -0.39 is 10.0 Å². The summed E-state index contributed by atoms with van der Waals surface area (Å²) in [6, 6.07) is 12.9. The Balaban J connectivity index is 2.20. The number of rotatable bonds is 6. The Morgan fingerprint density at radius 3 is 2.24 bits per heavy atom. The molecule has 0 fully saturated rings. The van der Waals surface area contributed by atoms with E-state index in [2.05, 4.69) is 5.32 Å². The summed E-state index contributed by atoms with van der Waals surface area (Å²) >= 11 is 0. The van der Waals surface area contributed by atoms with Crippen LogP contribution in [0.15, 0.2) is 42.5 Å². The van der Waals surface area contributed by atoms with Crippen LogP contribution in [0.25, 0.3) is 0 Å². The molecule has 1 amide bonds. The number of carbonyl (C=O) groups excluding carboxylic acids is 1. The maximum atomic E-state index is 12.4. The fourth-order valence-electron chi connectivity index (χ4n) is 2.57. The number of sulfonamides is 1. The summed E-state index contributed by atoms with van der Waals surface area (Å²) in [7, 11) is -3.57. The molecule has 0 unspecified atom stereocenters. The third-order valence-corrected chi connectivity index (χ3v) is 5.12. The van der Waals surface area contributed by atoms with E-state index in [9.17, 15) is 13.2 Å². The molecule has 25 heavy (non-hydrogen) atoms. The van der Waals surface area contributed by atoms with Gasteiger partial charge in [-0.15, -0.1) is 0 Å². The number of nitrogens with one attached hydrogen (secondary N) is 1. The van der Waals surface area contributed by atoms with Crippen LogP contribution in [0.5, 0.6) is 0 Å². The molecule has 6 heteroatoms. The number of amides is 1. The van der Waals surface area contributed by atoms with E-state index in [4.69, 9.17) is 0 Å². The highest BCUT2D eigenvalue weighted by atomic mass is 32.2. The lowest BCUT2D eigenvalue weighted by Gasteiger charge is -2.22. The Bertz CT molecular complexity index is 859. The fourth-order valence-corrected chi connectivity index (χ4v) is 3.43. The molecule has 2 aromatic rings. The fraction of sp³-hybridized carbons (Fsp3) is 0.316. The zero-order valence-corrected chi connectivity index (χ0v) is 15.9. The molecule has 0 spiro atoms. The Hall–Kier alpha value is -2.34. The molecule has 0 radical (unpaired) electrons. The third kappa shape index (κ3) is 5.06. The molecule has 2 aromatic carbocycles. The lowest BCUT2D eigenvalue weighted by Crippen LogP contribution is -2.37. The van der Waals surface area contributed by atoms with E-state index in [0.29, 0.717) is 11.4 Å². The summed E-state index contributed by atoms with van der Waals surface area (Å²) in [4.78, 5) is 12.4. The highest BCUT2D eigenvalue weighted by molar-refractivity contribution is 7.92. The Morgan fingerprint density at radius 2 is 1.72 bits per heavy atom. The summed E-state index contributed by atoms with van der Waals surface area (Å²) in [5.74, 6) is -0.378. The quantitative estimate of drug-likeness (QED) is 0.860. The molecular weight excluding hydrogens is 336 g/mol. The predicted molar refractivity (Wildman–Crippen MR) is 103 cm³/mol. The number of carbonyl (C=O) groups is 1. The van der Waals surface area contributed by atoms with Gasteiger partial charge in [0.1, 0.15) is 6.54 Å². The molecule has 0 aliphatic heterocycles. The largest absolute Gasteiger partial charge is 0.324 e. The third-order valence-electron chi connectivity index (χ3n) is 3.98. The highest BCUT2D eigenvalue weighted by Crippen LogP contribution is 2.20. The van der Waals surface area contributed by atoms with Gasteiger partial charge in [-0.25, -0.2) is 8.42 Å². The molecule has 134 valence electrons. The van der Waals surface area contributed by atoms with E-state index in [0.717, 1.165) is 33.7 Å². The first kappa shape index (κ1) is 19.0. The maximum absolute atomic E-state index is 12.4. The van der Waals surface area contributed by atoms with Gasteiger partial charge < -0.3 is 5.32 Å². The van der Waals surface area contributed by atoms with Crippen molar-refractivity contribution in [1.82, 2.24) is 0 Å². The van der Waals surface area contributed by atoms with Crippen molar-refractivity contribution in [1.29, 1.82) is 0 Å². The van der Waals surface area contributed by atoms with Crippen molar-refractivity contribution >= 4 is 27.3 Å². The van der Waals surface area contributed by atoms with Crippen molar-refractivity contribution in [2.24, 2.45) is 0 Å². The first-order valence-electron chi connectivity index (χ1n) is 8.14. The minimum atomic E-state index is -3.57. The van der Waals surface area contributed by atoms with E-state index in [1.165, 1.54) is 0 Å². The van der Waals surface area contributed by atoms with Gasteiger partial charge in [0.25, 0.3) is 0 Å². The standard InChI is InChI=1S/C19H24N2O3S/c1-5-16-7-9-17(10-8-16)21(25(4,23)24)13-19(22)20-18-11-6-14(2)12-15(18)3/h6-12H,5,13H2,1-4H3,(H,20,22). The predicted octanol–water partition coefficient (Wildman–Crippen LogP) is 3.27. The van der Waals surface area contributed by atoms with Crippen LogP contribution in [0.2, 0.25) is 0 Å². The van der Waals surface area contributed by atoms with Gasteiger partial charge in [-0.05, 0) is 49.6 Å². The van der Waals surface area contributed by atoms with Crippen LogP contribution in [0.1, 0.15) is 23.6 Å². The normalized spacial score (nSPS) is 11.2. The Labute approximate surface area is 149 Å². The molecule has 1 N–H and O–H groups in total. The maximum Gasteiger partial charge on any atom is 0.245 e. The molecule has 5 nitrogen and oxygen atoms in total. The topological polar surface area (TPSA) is 66.5 Å². The smallest absolute Gasteiger partial charge is 0.245 e. The summed E-state index contributed by atoms with van der Waals surface area (Å²) in [5.41, 5.74) is 4.31. The van der Waals surface area contributed by atoms with Crippen molar-refractivity contribution in [3.8, 4) is 0 Å². The van der Waals surface area contributed by atoms with Crippen LogP contribution < -0.4 is 9.62 Å². The molecule has 0 bridgehead atoms. The first-order valence-corrected chi connectivity index (χ1v) is 9.99. The molecule has 0 heterocycles. The molecule has 0 saturated heterocycles. The van der Waals surface area contributed by atoms with Gasteiger partial charge in [-0.3, -0.25) is 9.10 Å². The second-order valence-corrected chi connectivity index (χ2v) is 8.06. The van der Waals surface area contributed by atoms with Gasteiger partial charge >= 0.3 is 0 Å². The summed E-state index contributed by atoms with van der Waals surface area (Å²) in [5, 5.41) is 2.79. The van der Waals surface area contributed by atoms with Crippen molar-refractivity contribution < 1.29 is 13.2 Å². The van der Waals surface area contributed by atoms with Crippen LogP contribution in [0, 0.1) is 13.8 Å². The molecule has 0 atom stereocenters. The molecule has 0 aromatic heterocycles. The molecular formula is C19H24N2O3S. The van der Waals surface area contributed by atoms with Crippen molar-refractivity contribution in [2.45, 2.75) is 27.2 Å². The lowest BCUT2D eigenvalue weighted by atomic mass is 10.1. The van der Waals surface area contributed by atoms with Gasteiger partial charge in [0.05, 0.1) is 11.9 Å². The van der Waals surface area contributed by atoms with Crippen LogP contribution in [-0.4, -0.2) is 27.1 Å². The van der Waals surface area contributed by atoms with E-state index >= 15 is 0 Å². The van der Waals surface area contributed by atoms with Gasteiger partial charge in [0.2, 0.25) is 15.9 Å². The van der Waals surface area contributed by atoms with Crippen LogP contribution >= 0.6 is 0 Å². The van der Waals surface area contributed by atoms with Crippen molar-refractivity contribution in [3.05, 3.63) is 59.2 Å². The highest BCUT2D eigenvalue weighted by Gasteiger charge is 2.21. The number of hydrogen-bond donors (Lipinski definition) is 1. The second kappa shape index (κ2) is 7.70. The zero-order chi connectivity index (χ0) is 18.6. The molecule has 0 aliphatic carbocycles. The van der Waals surface area contributed by atoms with Gasteiger partial charge in [0.15, 0.2) is 0 Å². The summed E-state index contributed by atoms with van der Waals surface area (Å²) < 4.78 is 25.4. The van der Waals surface area contributed by atoms with Crippen LogP contribution in [0.4, 0.5) is 11.4 Å². The number of nitrogens with zero attached hydrogens (tertiary/aromatic N) is 1. The van der Waals surface area contributed by atoms with Crippen molar-refractivity contribution in [3.63, 3.8) is 0 Å². The zero-order valence-electron chi connectivity index (χ0n) is 15.0. The molecule has 2 rings (SSSR count). The molecule has 0 aliphatic rings. The number of benzene rings is 2. The van der Waals surface area contributed by atoms with Crippen LogP contribution in [0.3, 0.4) is 0 Å². The monoisotopic (exact) mass is 360 g/mol. The Morgan fingerprint density at radius 1 is 1.08 bits per heavy atom. The molecule has 0 saturated carbocycles. The minimum absolute atomic E-state index is 0.266. The van der Waals surface area contributed by atoms with E-state index in [1.807, 2.05) is 51.1 Å². The SMILES string of the molecule is CCc1ccc(N(CC(=O)Nc2ccc(C)cc2C)S(C)(=O)=O)cc1. The average molecular weight is 360 g/mol. The van der Waals surface area contributed by atoms with Crippen LogP contribution in [-0.2, 0) is 21.2 Å². The number of aryl methyl sites for hydroxylation is 3. The number of anilines is 2. The van der Waals surface area contributed by atoms with E-state index in [-0.39, 0.29) is 12.5 Å². The number of hydrogen-bond acceptors (Lipinski definition) is 3. The summed E-state index contributed by atoms with van der Waals surface area (Å²) in [6.07, 6.45) is 1.97. The van der Waals surface area contributed by atoms with Gasteiger partial charge in [-0.2, -0.15) is 0 Å². The van der Waals surface area contributed by atoms with Gasteiger partial charge in [-0.1, -0.05) is 36.8 Å². The Kier molecular flexibility index (Phi) is 5.85. The summed E-state index contributed by atoms with van der Waals surface area (Å²) in [6.45, 7) is 5.64. The van der Waals surface area contributed by atoms with Gasteiger partial charge in [0, 0.05) is 5.69 Å². The minimum Gasteiger partial charge on any atom is -0.324 e. The van der Waals surface area contributed by atoms with Crippen molar-refractivity contribution in [2.75, 3.05) is 22.4 Å². The lowest BCUT2D eigenvalue weighted by molar-refractivity contribution is -0.114. The first-order chi connectivity index (χ1) is 11.7. The second-order valence-electron chi connectivity index (χ2n) is 6.16. The average Bonchev–Trinajstić information content (AvgIpc) is 2.54.